The van der Waals surface area contributed by atoms with E-state index in [2.05, 4.69) is 4.72 Å². The first-order valence-electron chi connectivity index (χ1n) is 4.82. The molecule has 0 heterocycles. The maximum Gasteiger partial charge on any atom is 0.303 e. The molecule has 0 saturated heterocycles. The summed E-state index contributed by atoms with van der Waals surface area (Å²) in [7, 11) is -3.38. The zero-order valence-corrected chi connectivity index (χ0v) is 9.59. The summed E-state index contributed by atoms with van der Waals surface area (Å²) in [5.41, 5.74) is 5.54. The van der Waals surface area contributed by atoms with Gasteiger partial charge in [-0.15, -0.1) is 0 Å². The van der Waals surface area contributed by atoms with Crippen LogP contribution in [0.4, 0.5) is 0 Å². The SMILES string of the molecule is CCC(N)CNS(=O)(=O)CCCC(=O)O. The van der Waals surface area contributed by atoms with E-state index in [0.717, 1.165) is 0 Å². The third-order valence-corrected chi connectivity index (χ3v) is 3.33. The second kappa shape index (κ2) is 6.76. The van der Waals surface area contributed by atoms with Crippen LogP contribution < -0.4 is 10.5 Å². The van der Waals surface area contributed by atoms with E-state index in [9.17, 15) is 13.2 Å². The molecule has 0 saturated carbocycles. The minimum Gasteiger partial charge on any atom is -0.481 e. The molecular weight excluding hydrogens is 220 g/mol. The van der Waals surface area contributed by atoms with Crippen molar-refractivity contribution in [3.63, 3.8) is 0 Å². The number of carboxylic acid groups (broad SMARTS) is 1. The molecule has 90 valence electrons. The van der Waals surface area contributed by atoms with Crippen LogP contribution in [-0.4, -0.2) is 37.8 Å². The summed E-state index contributed by atoms with van der Waals surface area (Å²) in [4.78, 5) is 10.2. The summed E-state index contributed by atoms with van der Waals surface area (Å²) in [6, 6.07) is -0.195. The molecular formula is C8H18N2O4S. The van der Waals surface area contributed by atoms with E-state index in [0.29, 0.717) is 6.42 Å². The maximum atomic E-state index is 11.3. The number of carbonyl (C=O) groups is 1. The van der Waals surface area contributed by atoms with Gasteiger partial charge in [-0.05, 0) is 12.8 Å². The predicted molar refractivity (Wildman–Crippen MR) is 56.9 cm³/mol. The fourth-order valence-electron chi connectivity index (χ4n) is 0.864. The molecule has 7 heteroatoms. The molecule has 1 unspecified atom stereocenters. The number of aliphatic carboxylic acids is 1. The molecule has 0 amide bonds. The lowest BCUT2D eigenvalue weighted by Crippen LogP contribution is -2.37. The van der Waals surface area contributed by atoms with Gasteiger partial charge in [0.2, 0.25) is 10.0 Å². The van der Waals surface area contributed by atoms with Crippen LogP contribution in [0.2, 0.25) is 0 Å². The van der Waals surface area contributed by atoms with Crippen molar-refractivity contribution in [2.45, 2.75) is 32.2 Å². The second-order valence-electron chi connectivity index (χ2n) is 3.33. The smallest absolute Gasteiger partial charge is 0.303 e. The van der Waals surface area contributed by atoms with Gasteiger partial charge in [-0.3, -0.25) is 4.79 Å². The highest BCUT2D eigenvalue weighted by molar-refractivity contribution is 7.89. The Balaban J connectivity index is 3.82. The number of hydrogen-bond donors (Lipinski definition) is 3. The van der Waals surface area contributed by atoms with Crippen molar-refractivity contribution >= 4 is 16.0 Å². The van der Waals surface area contributed by atoms with Crippen molar-refractivity contribution in [1.82, 2.24) is 4.72 Å². The number of hydrogen-bond acceptors (Lipinski definition) is 4. The predicted octanol–water partition coefficient (Wildman–Crippen LogP) is -0.492. The standard InChI is InChI=1S/C8H18N2O4S/c1-2-7(9)6-10-15(13,14)5-3-4-8(11)12/h7,10H,2-6,9H2,1H3,(H,11,12). The van der Waals surface area contributed by atoms with Crippen molar-refractivity contribution in [2.24, 2.45) is 5.73 Å². The molecule has 0 aromatic rings. The van der Waals surface area contributed by atoms with E-state index < -0.39 is 16.0 Å². The molecule has 0 aliphatic heterocycles. The minimum atomic E-state index is -3.38. The van der Waals surface area contributed by atoms with Gasteiger partial charge < -0.3 is 10.8 Å². The van der Waals surface area contributed by atoms with E-state index in [-0.39, 0.29) is 31.2 Å². The first-order valence-corrected chi connectivity index (χ1v) is 6.47. The molecule has 0 aliphatic carbocycles. The normalized spacial score (nSPS) is 13.7. The molecule has 0 aromatic heterocycles. The van der Waals surface area contributed by atoms with Crippen molar-refractivity contribution in [2.75, 3.05) is 12.3 Å². The zero-order chi connectivity index (χ0) is 11.9. The summed E-state index contributed by atoms with van der Waals surface area (Å²) < 4.78 is 24.9. The zero-order valence-electron chi connectivity index (χ0n) is 8.77. The van der Waals surface area contributed by atoms with Crippen LogP contribution in [0, 0.1) is 0 Å². The molecule has 0 spiro atoms. The highest BCUT2D eigenvalue weighted by Gasteiger charge is 2.11. The van der Waals surface area contributed by atoms with Crippen molar-refractivity contribution < 1.29 is 18.3 Å². The maximum absolute atomic E-state index is 11.3. The molecule has 1 atom stereocenters. The summed E-state index contributed by atoms with van der Waals surface area (Å²) in [5.74, 6) is -1.16. The molecule has 0 aliphatic rings. The largest absolute Gasteiger partial charge is 0.481 e. The summed E-state index contributed by atoms with van der Waals surface area (Å²) in [5, 5.41) is 8.33. The van der Waals surface area contributed by atoms with Gasteiger partial charge in [0.15, 0.2) is 0 Å². The summed E-state index contributed by atoms with van der Waals surface area (Å²) in [6.07, 6.45) is 0.671. The van der Waals surface area contributed by atoms with Crippen LogP contribution in [-0.2, 0) is 14.8 Å². The molecule has 0 fully saturated rings. The van der Waals surface area contributed by atoms with E-state index in [1.165, 1.54) is 0 Å². The molecule has 6 nitrogen and oxygen atoms in total. The second-order valence-corrected chi connectivity index (χ2v) is 5.26. The molecule has 0 bridgehead atoms. The Morgan fingerprint density at radius 1 is 1.53 bits per heavy atom. The van der Waals surface area contributed by atoms with E-state index in [4.69, 9.17) is 10.8 Å². The first kappa shape index (κ1) is 14.3. The topological polar surface area (TPSA) is 109 Å². The van der Waals surface area contributed by atoms with Crippen molar-refractivity contribution in [3.8, 4) is 0 Å². The van der Waals surface area contributed by atoms with Gasteiger partial charge in [0.25, 0.3) is 0 Å². The van der Waals surface area contributed by atoms with Gasteiger partial charge in [0, 0.05) is 19.0 Å². The van der Waals surface area contributed by atoms with Gasteiger partial charge in [-0.25, -0.2) is 13.1 Å². The van der Waals surface area contributed by atoms with Crippen LogP contribution in [0.25, 0.3) is 0 Å². The molecule has 0 radical (unpaired) electrons. The Morgan fingerprint density at radius 2 is 2.13 bits per heavy atom. The monoisotopic (exact) mass is 238 g/mol. The van der Waals surface area contributed by atoms with Crippen molar-refractivity contribution in [1.29, 1.82) is 0 Å². The number of rotatable bonds is 8. The first-order chi connectivity index (χ1) is 6.87. The average molecular weight is 238 g/mol. The van der Waals surface area contributed by atoms with Crippen LogP contribution in [0.1, 0.15) is 26.2 Å². The lowest BCUT2D eigenvalue weighted by molar-refractivity contribution is -0.137. The number of sulfonamides is 1. The van der Waals surface area contributed by atoms with E-state index in [1.54, 1.807) is 0 Å². The lowest BCUT2D eigenvalue weighted by atomic mass is 10.2. The Hall–Kier alpha value is -0.660. The Kier molecular flexibility index (Phi) is 6.46. The van der Waals surface area contributed by atoms with E-state index in [1.807, 2.05) is 6.92 Å². The van der Waals surface area contributed by atoms with Crippen LogP contribution in [0.15, 0.2) is 0 Å². The number of nitrogens with two attached hydrogens (primary N) is 1. The van der Waals surface area contributed by atoms with Gasteiger partial charge in [0.1, 0.15) is 0 Å². The van der Waals surface area contributed by atoms with Crippen LogP contribution in [0.3, 0.4) is 0 Å². The average Bonchev–Trinajstić information content (AvgIpc) is 2.13. The van der Waals surface area contributed by atoms with E-state index >= 15 is 0 Å². The molecule has 4 N–H and O–H groups in total. The van der Waals surface area contributed by atoms with Gasteiger partial charge in [-0.1, -0.05) is 6.92 Å². The third-order valence-electron chi connectivity index (χ3n) is 1.89. The molecule has 0 aromatic carbocycles. The fraction of sp³-hybridized carbons (Fsp3) is 0.875. The Labute approximate surface area is 89.9 Å². The Bertz CT molecular complexity index is 289. The van der Waals surface area contributed by atoms with Gasteiger partial charge in [0.05, 0.1) is 5.75 Å². The fourth-order valence-corrected chi connectivity index (χ4v) is 2.00. The van der Waals surface area contributed by atoms with Crippen LogP contribution >= 0.6 is 0 Å². The minimum absolute atomic E-state index is 0.117. The highest BCUT2D eigenvalue weighted by Crippen LogP contribution is 1.95. The number of nitrogens with one attached hydrogen (secondary N) is 1. The molecule has 15 heavy (non-hydrogen) atoms. The van der Waals surface area contributed by atoms with Crippen LogP contribution in [0.5, 0.6) is 0 Å². The molecule has 0 rings (SSSR count). The van der Waals surface area contributed by atoms with Gasteiger partial charge >= 0.3 is 5.97 Å². The Morgan fingerprint density at radius 3 is 2.60 bits per heavy atom. The van der Waals surface area contributed by atoms with Gasteiger partial charge in [-0.2, -0.15) is 0 Å². The number of carboxylic acids is 1. The summed E-state index contributed by atoms with van der Waals surface area (Å²) >= 11 is 0. The third kappa shape index (κ3) is 8.34. The highest BCUT2D eigenvalue weighted by atomic mass is 32.2. The lowest BCUT2D eigenvalue weighted by Gasteiger charge is -2.10. The van der Waals surface area contributed by atoms with Crippen molar-refractivity contribution in [3.05, 3.63) is 0 Å². The quantitative estimate of drug-likeness (QED) is 0.528. The summed E-state index contributed by atoms with van der Waals surface area (Å²) in [6.45, 7) is 2.06.